The predicted molar refractivity (Wildman–Crippen MR) is 124 cm³/mol. The number of hydrogen-bond acceptors (Lipinski definition) is 5. The molecule has 3 atom stereocenters. The number of aliphatic imine (C=N–C) groups is 1. The van der Waals surface area contributed by atoms with E-state index in [4.69, 9.17) is 27.8 Å². The van der Waals surface area contributed by atoms with Crippen molar-refractivity contribution in [2.45, 2.75) is 44.0 Å². The van der Waals surface area contributed by atoms with Crippen molar-refractivity contribution in [2.24, 2.45) is 16.5 Å². The van der Waals surface area contributed by atoms with E-state index in [0.29, 0.717) is 23.7 Å². The number of nitrogens with zero attached hydrogens (tertiary/aromatic N) is 1. The maximum Gasteiger partial charge on any atom is 0.257 e. The second-order valence-corrected chi connectivity index (χ2v) is 8.76. The molecule has 1 saturated heterocycles. The topological polar surface area (TPSA) is 115 Å². The van der Waals surface area contributed by atoms with Crippen molar-refractivity contribution in [2.75, 3.05) is 13.2 Å². The third kappa shape index (κ3) is 7.46. The normalized spacial score (nSPS) is 20.4. The Morgan fingerprint density at radius 2 is 1.88 bits per heavy atom. The first-order chi connectivity index (χ1) is 15.6. The van der Waals surface area contributed by atoms with E-state index >= 15 is 0 Å². The Kier molecular flexibility index (Phi) is 8.36. The van der Waals surface area contributed by atoms with Crippen LogP contribution in [-0.2, 0) is 4.74 Å². The van der Waals surface area contributed by atoms with Crippen LogP contribution in [0.1, 0.15) is 48.1 Å². The van der Waals surface area contributed by atoms with E-state index in [2.05, 4.69) is 15.6 Å². The van der Waals surface area contributed by atoms with Gasteiger partial charge in [-0.25, -0.2) is 13.8 Å². The molecule has 3 unspecified atom stereocenters. The van der Waals surface area contributed by atoms with E-state index in [1.165, 1.54) is 0 Å². The summed E-state index contributed by atoms with van der Waals surface area (Å²) in [6.07, 6.45) is 1.15. The van der Waals surface area contributed by atoms with E-state index in [1.807, 2.05) is 6.92 Å². The molecule has 7 nitrogen and oxygen atoms in total. The minimum Gasteiger partial charge on any atom is -0.373 e. The Hall–Kier alpha value is -2.59. The van der Waals surface area contributed by atoms with Crippen LogP contribution in [0, 0.1) is 11.6 Å². The van der Waals surface area contributed by atoms with Gasteiger partial charge in [0.25, 0.3) is 5.91 Å². The highest BCUT2D eigenvalue weighted by molar-refractivity contribution is 6.30. The molecule has 33 heavy (non-hydrogen) atoms. The smallest absolute Gasteiger partial charge is 0.257 e. The molecule has 1 aliphatic heterocycles. The van der Waals surface area contributed by atoms with Crippen LogP contribution in [0.15, 0.2) is 47.5 Å². The van der Waals surface area contributed by atoms with Crippen LogP contribution in [0.25, 0.3) is 0 Å². The third-order valence-corrected chi connectivity index (χ3v) is 5.61. The lowest BCUT2D eigenvalue weighted by Crippen LogP contribution is -2.51. The monoisotopic (exact) mass is 479 g/mol. The quantitative estimate of drug-likeness (QED) is 0.276. The second-order valence-electron chi connectivity index (χ2n) is 8.32. The van der Waals surface area contributed by atoms with Crippen molar-refractivity contribution in [3.63, 3.8) is 0 Å². The number of benzene rings is 2. The Bertz CT molecular complexity index is 977. The van der Waals surface area contributed by atoms with Gasteiger partial charge in [-0.2, -0.15) is 0 Å². The summed E-state index contributed by atoms with van der Waals surface area (Å²) >= 11 is 5.89. The zero-order valence-corrected chi connectivity index (χ0v) is 19.0. The predicted octanol–water partition coefficient (Wildman–Crippen LogP) is 3.24. The van der Waals surface area contributed by atoms with Crippen molar-refractivity contribution in [1.82, 2.24) is 10.6 Å². The Balaban J connectivity index is 1.70. The molecule has 2 aromatic rings. The fourth-order valence-corrected chi connectivity index (χ4v) is 3.67. The molecular formula is C23H28ClF2N5O2. The van der Waals surface area contributed by atoms with Gasteiger partial charge in [0.2, 0.25) is 0 Å². The van der Waals surface area contributed by atoms with Crippen molar-refractivity contribution in [3.05, 3.63) is 70.2 Å². The van der Waals surface area contributed by atoms with Gasteiger partial charge in [-0.05, 0) is 68.1 Å². The summed E-state index contributed by atoms with van der Waals surface area (Å²) in [7, 11) is 0. The standard InChI is InChI=1S/C23H28ClF2N5O2/c1-23(7-2-8-33-23)13-29-22(31-21(32)14-3-5-16(24)6-4-14)30-20(28)12-19(27)15-9-17(25)11-18(26)10-15/h3-6,9-11,19-20H,2,7-8,12-13,27-28H2,1H3,(H2,29,30,31,32). The van der Waals surface area contributed by atoms with Crippen LogP contribution in [0.3, 0.4) is 0 Å². The van der Waals surface area contributed by atoms with Gasteiger partial charge in [-0.3, -0.25) is 10.1 Å². The first-order valence-electron chi connectivity index (χ1n) is 10.6. The second kappa shape index (κ2) is 11.0. The summed E-state index contributed by atoms with van der Waals surface area (Å²) in [4.78, 5) is 17.2. The fraction of sp³-hybridized carbons (Fsp3) is 0.391. The molecular weight excluding hydrogens is 452 g/mol. The van der Waals surface area contributed by atoms with E-state index < -0.39 is 35.4 Å². The molecule has 0 spiro atoms. The van der Waals surface area contributed by atoms with Crippen LogP contribution in [-0.4, -0.2) is 36.8 Å². The van der Waals surface area contributed by atoms with Crippen molar-refractivity contribution in [1.29, 1.82) is 0 Å². The van der Waals surface area contributed by atoms with Crippen LogP contribution in [0.4, 0.5) is 8.78 Å². The van der Waals surface area contributed by atoms with Crippen LogP contribution < -0.4 is 22.1 Å². The molecule has 10 heteroatoms. The highest BCUT2D eigenvalue weighted by Gasteiger charge is 2.29. The molecule has 1 aliphatic rings. The number of ether oxygens (including phenoxy) is 1. The third-order valence-electron chi connectivity index (χ3n) is 5.35. The van der Waals surface area contributed by atoms with Crippen molar-refractivity contribution >= 4 is 23.5 Å². The van der Waals surface area contributed by atoms with Gasteiger partial charge in [0, 0.05) is 29.3 Å². The van der Waals surface area contributed by atoms with Crippen LogP contribution in [0.2, 0.25) is 5.02 Å². The van der Waals surface area contributed by atoms with Gasteiger partial charge in [0.15, 0.2) is 5.96 Å². The molecule has 0 aliphatic carbocycles. The largest absolute Gasteiger partial charge is 0.373 e. The van der Waals surface area contributed by atoms with E-state index in [-0.39, 0.29) is 17.9 Å². The lowest BCUT2D eigenvalue weighted by atomic mass is 10.0. The van der Waals surface area contributed by atoms with Crippen LogP contribution >= 0.6 is 11.6 Å². The Labute approximate surface area is 196 Å². The van der Waals surface area contributed by atoms with Crippen LogP contribution in [0.5, 0.6) is 0 Å². The number of nitrogens with one attached hydrogen (secondary N) is 2. The fourth-order valence-electron chi connectivity index (χ4n) is 3.54. The first-order valence-corrected chi connectivity index (χ1v) is 11.0. The SMILES string of the molecule is CC1(CN=C(NC(=O)c2ccc(Cl)cc2)NC(N)CC(N)c2cc(F)cc(F)c2)CCCO1. The van der Waals surface area contributed by atoms with Gasteiger partial charge >= 0.3 is 0 Å². The molecule has 0 aromatic heterocycles. The van der Waals surface area contributed by atoms with E-state index in [0.717, 1.165) is 31.0 Å². The van der Waals surface area contributed by atoms with Gasteiger partial charge in [-0.15, -0.1) is 0 Å². The average molecular weight is 480 g/mol. The minimum atomic E-state index is -0.757. The number of nitrogens with two attached hydrogens (primary N) is 2. The molecule has 0 saturated carbocycles. The van der Waals surface area contributed by atoms with Gasteiger partial charge in [-0.1, -0.05) is 11.6 Å². The number of carbonyl (C=O) groups excluding carboxylic acids is 1. The van der Waals surface area contributed by atoms with Gasteiger partial charge in [0.05, 0.1) is 18.3 Å². The van der Waals surface area contributed by atoms with E-state index in [9.17, 15) is 13.6 Å². The molecule has 1 amide bonds. The Morgan fingerprint density at radius 1 is 1.21 bits per heavy atom. The zero-order valence-electron chi connectivity index (χ0n) is 18.3. The molecule has 3 rings (SSSR count). The maximum atomic E-state index is 13.5. The highest BCUT2D eigenvalue weighted by atomic mass is 35.5. The number of halogens is 3. The number of amides is 1. The van der Waals surface area contributed by atoms with E-state index in [1.54, 1.807) is 24.3 Å². The summed E-state index contributed by atoms with van der Waals surface area (Å²) in [5.74, 6) is -1.69. The molecule has 0 bridgehead atoms. The average Bonchev–Trinajstić information content (AvgIpc) is 3.18. The minimum absolute atomic E-state index is 0.131. The first kappa shape index (κ1) is 25.0. The number of hydrogen-bond donors (Lipinski definition) is 4. The molecule has 6 N–H and O–H groups in total. The summed E-state index contributed by atoms with van der Waals surface area (Å²) < 4.78 is 32.8. The lowest BCUT2D eigenvalue weighted by Gasteiger charge is -2.24. The van der Waals surface area contributed by atoms with Gasteiger partial charge < -0.3 is 21.5 Å². The Morgan fingerprint density at radius 3 is 2.48 bits per heavy atom. The summed E-state index contributed by atoms with van der Waals surface area (Å²) in [5.41, 5.74) is 12.5. The number of guanidine groups is 1. The lowest BCUT2D eigenvalue weighted by molar-refractivity contribution is 0.0283. The molecule has 2 aromatic carbocycles. The maximum absolute atomic E-state index is 13.5. The van der Waals surface area contributed by atoms with Gasteiger partial charge in [0.1, 0.15) is 11.6 Å². The molecule has 1 fully saturated rings. The summed E-state index contributed by atoms with van der Waals surface area (Å²) in [6.45, 7) is 2.92. The zero-order chi connectivity index (χ0) is 24.0. The summed E-state index contributed by atoms with van der Waals surface area (Å²) in [6, 6.07) is 8.76. The number of rotatable bonds is 7. The number of carbonyl (C=O) groups is 1. The van der Waals surface area contributed by atoms with Crippen molar-refractivity contribution < 1.29 is 18.3 Å². The molecule has 0 radical (unpaired) electrons. The summed E-state index contributed by atoms with van der Waals surface area (Å²) in [5, 5.41) is 6.17. The van der Waals surface area contributed by atoms with Crippen molar-refractivity contribution in [3.8, 4) is 0 Å². The molecule has 178 valence electrons. The highest BCUT2D eigenvalue weighted by Crippen LogP contribution is 2.25. The molecule has 1 heterocycles.